The van der Waals surface area contributed by atoms with E-state index in [2.05, 4.69) is 72.2 Å². The van der Waals surface area contributed by atoms with E-state index in [9.17, 15) is 4.39 Å². The van der Waals surface area contributed by atoms with Crippen molar-refractivity contribution in [1.82, 2.24) is 4.40 Å². The molecule has 26 heavy (non-hydrogen) atoms. The van der Waals surface area contributed by atoms with Gasteiger partial charge in [0.2, 0.25) is 0 Å². The van der Waals surface area contributed by atoms with E-state index < -0.39 is 0 Å². The van der Waals surface area contributed by atoms with Crippen LogP contribution in [0.1, 0.15) is 26.3 Å². The summed E-state index contributed by atoms with van der Waals surface area (Å²) >= 11 is 0. The number of fused-ring (bicyclic) bond motifs is 7. The molecule has 0 aliphatic rings. The fraction of sp³-hybridized carbons (Fsp3) is 0.174. The van der Waals surface area contributed by atoms with Crippen LogP contribution in [0.5, 0.6) is 0 Å². The van der Waals surface area contributed by atoms with Gasteiger partial charge in [0, 0.05) is 16.8 Å². The number of hydrogen-bond acceptors (Lipinski definition) is 0. The zero-order valence-electron chi connectivity index (χ0n) is 15.1. The van der Waals surface area contributed by atoms with Crippen molar-refractivity contribution in [3.63, 3.8) is 0 Å². The number of aromatic nitrogens is 2. The lowest BCUT2D eigenvalue weighted by molar-refractivity contribution is -0.479. The lowest BCUT2D eigenvalue weighted by atomic mass is 9.86. The quantitative estimate of drug-likeness (QED) is 0.332. The molecule has 0 atom stereocenters. The first-order valence-electron chi connectivity index (χ1n) is 8.90. The number of nitrogens with zero attached hydrogens (tertiary/aromatic N) is 2. The Balaban J connectivity index is 1.91. The van der Waals surface area contributed by atoms with Crippen LogP contribution in [0.25, 0.3) is 33.0 Å². The molecule has 0 fully saturated rings. The highest BCUT2D eigenvalue weighted by Gasteiger charge is 2.19. The zero-order valence-corrected chi connectivity index (χ0v) is 15.1. The Kier molecular flexibility index (Phi) is 2.97. The van der Waals surface area contributed by atoms with Gasteiger partial charge in [0.25, 0.3) is 5.65 Å². The monoisotopic (exact) mass is 343 g/mol. The van der Waals surface area contributed by atoms with Crippen molar-refractivity contribution < 1.29 is 8.79 Å². The van der Waals surface area contributed by atoms with Crippen molar-refractivity contribution in [3.05, 3.63) is 78.2 Å². The van der Waals surface area contributed by atoms with Crippen molar-refractivity contribution in [1.29, 1.82) is 0 Å². The average Bonchev–Trinajstić information content (AvgIpc) is 2.99. The molecule has 0 spiro atoms. The van der Waals surface area contributed by atoms with Gasteiger partial charge < -0.3 is 0 Å². The summed E-state index contributed by atoms with van der Waals surface area (Å²) in [6, 6.07) is 20.0. The Labute approximate surface area is 151 Å². The Morgan fingerprint density at radius 3 is 2.46 bits per heavy atom. The second-order valence-electron chi connectivity index (χ2n) is 8.01. The van der Waals surface area contributed by atoms with Gasteiger partial charge in [-0.05, 0) is 59.5 Å². The highest BCUT2D eigenvalue weighted by Crippen LogP contribution is 2.27. The average molecular weight is 343 g/mol. The summed E-state index contributed by atoms with van der Waals surface area (Å²) < 4.78 is 18.0. The van der Waals surface area contributed by atoms with E-state index in [1.165, 1.54) is 22.5 Å². The van der Waals surface area contributed by atoms with Crippen LogP contribution in [0, 0.1) is 5.82 Å². The first-order valence-corrected chi connectivity index (χ1v) is 8.90. The molecule has 0 amide bonds. The third-order valence-electron chi connectivity index (χ3n) is 5.22. The van der Waals surface area contributed by atoms with E-state index in [1.807, 2.05) is 12.1 Å². The van der Waals surface area contributed by atoms with Gasteiger partial charge in [-0.3, -0.25) is 0 Å². The van der Waals surface area contributed by atoms with Gasteiger partial charge >= 0.3 is 0 Å². The predicted molar refractivity (Wildman–Crippen MR) is 104 cm³/mol. The van der Waals surface area contributed by atoms with Crippen LogP contribution in [0.4, 0.5) is 4.39 Å². The van der Waals surface area contributed by atoms with Gasteiger partial charge in [-0.25, -0.2) is 4.39 Å². The lowest BCUT2D eigenvalue weighted by Gasteiger charge is -2.19. The molecule has 0 N–H and O–H groups in total. The Bertz CT molecular complexity index is 1320. The van der Waals surface area contributed by atoms with E-state index in [0.29, 0.717) is 0 Å². The highest BCUT2D eigenvalue weighted by atomic mass is 19.1. The third-order valence-corrected chi connectivity index (χ3v) is 5.22. The normalized spacial score (nSPS) is 12.6. The molecule has 0 bridgehead atoms. The van der Waals surface area contributed by atoms with E-state index in [0.717, 1.165) is 22.1 Å². The van der Waals surface area contributed by atoms with Gasteiger partial charge in [0.15, 0.2) is 5.52 Å². The number of imidazole rings is 1. The van der Waals surface area contributed by atoms with Gasteiger partial charge in [-0.1, -0.05) is 26.8 Å². The SMILES string of the molecule is CC(C)(C)c1ccc2c(ccc3c[n+]4c5ccc(F)cc5ccc4n32)c1. The second kappa shape index (κ2) is 5.04. The second-order valence-corrected chi connectivity index (χ2v) is 8.01. The number of benzene rings is 2. The van der Waals surface area contributed by atoms with Crippen molar-refractivity contribution in [2.75, 3.05) is 0 Å². The topological polar surface area (TPSA) is 8.51 Å². The van der Waals surface area contributed by atoms with Crippen molar-refractivity contribution in [2.24, 2.45) is 0 Å². The smallest absolute Gasteiger partial charge is 0.207 e. The maximum Gasteiger partial charge on any atom is 0.292 e. The van der Waals surface area contributed by atoms with Crippen LogP contribution in [-0.4, -0.2) is 4.40 Å². The lowest BCUT2D eigenvalue weighted by Crippen LogP contribution is -2.19. The maximum atomic E-state index is 13.6. The van der Waals surface area contributed by atoms with Gasteiger partial charge in [0.1, 0.15) is 23.0 Å². The number of halogens is 1. The minimum atomic E-state index is -0.207. The van der Waals surface area contributed by atoms with Gasteiger partial charge in [-0.2, -0.15) is 8.80 Å². The first kappa shape index (κ1) is 15.3. The molecule has 0 saturated heterocycles. The number of pyridine rings is 2. The van der Waals surface area contributed by atoms with Gasteiger partial charge in [-0.15, -0.1) is 0 Å². The van der Waals surface area contributed by atoms with E-state index in [4.69, 9.17) is 0 Å². The van der Waals surface area contributed by atoms with Crippen LogP contribution in [0.15, 0.2) is 66.9 Å². The van der Waals surface area contributed by atoms with Crippen LogP contribution >= 0.6 is 0 Å². The summed E-state index contributed by atoms with van der Waals surface area (Å²) in [5.74, 6) is -0.207. The highest BCUT2D eigenvalue weighted by molar-refractivity contribution is 5.86. The molecule has 3 heteroatoms. The fourth-order valence-corrected chi connectivity index (χ4v) is 3.80. The van der Waals surface area contributed by atoms with Crippen LogP contribution in [-0.2, 0) is 5.41 Å². The minimum absolute atomic E-state index is 0.122. The maximum absolute atomic E-state index is 13.6. The van der Waals surface area contributed by atoms with E-state index in [-0.39, 0.29) is 11.2 Å². The number of rotatable bonds is 0. The minimum Gasteiger partial charge on any atom is -0.207 e. The fourth-order valence-electron chi connectivity index (χ4n) is 3.80. The molecular weight excluding hydrogens is 323 g/mol. The summed E-state index contributed by atoms with van der Waals surface area (Å²) in [6.45, 7) is 6.70. The molecule has 128 valence electrons. The summed E-state index contributed by atoms with van der Waals surface area (Å²) in [6.07, 6.45) is 2.12. The molecule has 5 rings (SSSR count). The van der Waals surface area contributed by atoms with Crippen molar-refractivity contribution in [2.45, 2.75) is 26.2 Å². The molecule has 3 aromatic heterocycles. The largest absolute Gasteiger partial charge is 0.292 e. The molecular formula is C23H20FN2+. The standard InChI is InChI=1S/C23H20FN2/c1-23(2,3)17-6-9-21-15(12-17)4-8-19-14-25-20-10-7-18(24)13-16(20)5-11-22(25)26(19)21/h4-14H,1-3H3/q+1. The first-order chi connectivity index (χ1) is 12.4. The summed E-state index contributed by atoms with van der Waals surface area (Å²) in [4.78, 5) is 0. The Hall–Kier alpha value is -2.94. The van der Waals surface area contributed by atoms with Crippen molar-refractivity contribution >= 4 is 33.0 Å². The zero-order chi connectivity index (χ0) is 18.1. The summed E-state index contributed by atoms with van der Waals surface area (Å²) in [7, 11) is 0. The molecule has 0 unspecified atom stereocenters. The molecule has 5 aromatic rings. The molecule has 0 aliphatic heterocycles. The van der Waals surface area contributed by atoms with E-state index >= 15 is 0 Å². The van der Waals surface area contributed by atoms with E-state index in [1.54, 1.807) is 6.07 Å². The molecule has 0 aliphatic carbocycles. The van der Waals surface area contributed by atoms with Crippen molar-refractivity contribution in [3.8, 4) is 0 Å². The molecule has 2 nitrogen and oxygen atoms in total. The molecule has 3 heterocycles. The summed E-state index contributed by atoms with van der Waals surface area (Å²) in [5.41, 5.74) is 5.84. The molecule has 2 aromatic carbocycles. The Morgan fingerprint density at radius 1 is 0.846 bits per heavy atom. The van der Waals surface area contributed by atoms with Crippen LogP contribution in [0.3, 0.4) is 0 Å². The van der Waals surface area contributed by atoms with Gasteiger partial charge in [0.05, 0.1) is 0 Å². The molecule has 0 saturated carbocycles. The summed E-state index contributed by atoms with van der Waals surface area (Å²) in [5, 5.41) is 2.12. The third kappa shape index (κ3) is 2.13. The predicted octanol–water partition coefficient (Wildman–Crippen LogP) is 5.42. The number of hydrogen-bond donors (Lipinski definition) is 0. The van der Waals surface area contributed by atoms with Crippen LogP contribution < -0.4 is 4.40 Å². The van der Waals surface area contributed by atoms with Crippen LogP contribution in [0.2, 0.25) is 0 Å². The molecule has 0 radical (unpaired) electrons. The Morgan fingerprint density at radius 2 is 1.65 bits per heavy atom.